The minimum Gasteiger partial charge on any atom is -0.321 e. The normalized spacial score (nSPS) is 19.6. The van der Waals surface area contributed by atoms with Gasteiger partial charge < -0.3 is 9.80 Å². The summed E-state index contributed by atoms with van der Waals surface area (Å²) in [4.78, 5) is 16.4. The van der Waals surface area contributed by atoms with Crippen molar-refractivity contribution in [2.75, 3.05) is 32.7 Å². The minimum atomic E-state index is 0.0686. The van der Waals surface area contributed by atoms with Crippen molar-refractivity contribution in [2.24, 2.45) is 0 Å². The number of carbonyl (C=O) groups excluding carboxylic acids is 1. The standard InChI is InChI=1S/C14H23N3OS/c1-3-6-16(4-2)7-8-17-13(18)10-15-14(17)12-5-9-19-11-12/h5,9,11,14-15H,3-4,6-8,10H2,1-2H3. The van der Waals surface area contributed by atoms with Crippen LogP contribution in [0.3, 0.4) is 0 Å². The molecular formula is C14H23N3OS. The topological polar surface area (TPSA) is 35.6 Å². The molecule has 1 aliphatic rings. The van der Waals surface area contributed by atoms with Crippen molar-refractivity contribution in [2.45, 2.75) is 26.4 Å². The molecule has 106 valence electrons. The van der Waals surface area contributed by atoms with Crippen molar-refractivity contribution in [3.63, 3.8) is 0 Å². The van der Waals surface area contributed by atoms with Crippen molar-refractivity contribution < 1.29 is 4.79 Å². The van der Waals surface area contributed by atoms with Crippen LogP contribution >= 0.6 is 11.3 Å². The molecule has 1 aromatic heterocycles. The second-order valence-corrected chi connectivity index (χ2v) is 5.64. The molecule has 1 fully saturated rings. The molecule has 1 atom stereocenters. The van der Waals surface area contributed by atoms with E-state index >= 15 is 0 Å². The van der Waals surface area contributed by atoms with E-state index in [0.717, 1.165) is 32.6 Å². The molecule has 0 aromatic carbocycles. The smallest absolute Gasteiger partial charge is 0.238 e. The van der Waals surface area contributed by atoms with Gasteiger partial charge in [0.05, 0.1) is 6.54 Å². The molecule has 0 bridgehead atoms. The first-order chi connectivity index (χ1) is 9.26. The molecule has 1 unspecified atom stereocenters. The Kier molecular flexibility index (Phi) is 5.36. The van der Waals surface area contributed by atoms with Crippen molar-refractivity contribution >= 4 is 17.2 Å². The Balaban J connectivity index is 1.94. The van der Waals surface area contributed by atoms with Crippen LogP contribution in [0.25, 0.3) is 0 Å². The highest BCUT2D eigenvalue weighted by Crippen LogP contribution is 2.23. The Bertz CT molecular complexity index is 393. The van der Waals surface area contributed by atoms with Crippen molar-refractivity contribution in [3.05, 3.63) is 22.4 Å². The lowest BCUT2D eigenvalue weighted by Gasteiger charge is -2.27. The molecule has 2 rings (SSSR count). The highest BCUT2D eigenvalue weighted by atomic mass is 32.1. The number of rotatable bonds is 7. The Morgan fingerprint density at radius 3 is 2.95 bits per heavy atom. The summed E-state index contributed by atoms with van der Waals surface area (Å²) in [6.45, 7) is 8.75. The number of hydrogen-bond donors (Lipinski definition) is 1. The fraction of sp³-hybridized carbons (Fsp3) is 0.643. The van der Waals surface area contributed by atoms with Gasteiger partial charge in [-0.25, -0.2) is 0 Å². The van der Waals surface area contributed by atoms with E-state index in [9.17, 15) is 4.79 Å². The third-order valence-electron chi connectivity index (χ3n) is 3.58. The van der Waals surface area contributed by atoms with Gasteiger partial charge in [0.2, 0.25) is 5.91 Å². The molecule has 5 heteroatoms. The van der Waals surface area contributed by atoms with Gasteiger partial charge in [0.15, 0.2) is 0 Å². The van der Waals surface area contributed by atoms with Gasteiger partial charge in [-0.05, 0) is 41.9 Å². The van der Waals surface area contributed by atoms with E-state index in [2.05, 4.69) is 40.9 Å². The Hall–Kier alpha value is -0.910. The number of nitrogens with one attached hydrogen (secondary N) is 1. The maximum Gasteiger partial charge on any atom is 0.238 e. The molecule has 1 aromatic rings. The Morgan fingerprint density at radius 2 is 2.32 bits per heavy atom. The van der Waals surface area contributed by atoms with Crippen LogP contribution in [-0.4, -0.2) is 48.4 Å². The van der Waals surface area contributed by atoms with E-state index in [1.165, 1.54) is 5.56 Å². The summed E-state index contributed by atoms with van der Waals surface area (Å²) in [7, 11) is 0. The van der Waals surface area contributed by atoms with Crippen molar-refractivity contribution in [1.29, 1.82) is 0 Å². The van der Waals surface area contributed by atoms with Crippen LogP contribution in [0.2, 0.25) is 0 Å². The molecule has 0 saturated carbocycles. The maximum absolute atomic E-state index is 12.0. The van der Waals surface area contributed by atoms with E-state index in [0.29, 0.717) is 6.54 Å². The average Bonchev–Trinajstić information content (AvgIpc) is 3.04. The number of likely N-dealkylation sites (N-methyl/N-ethyl adjacent to an activating group) is 1. The number of carbonyl (C=O) groups is 1. The van der Waals surface area contributed by atoms with Gasteiger partial charge in [0, 0.05) is 13.1 Å². The molecule has 0 radical (unpaired) electrons. The van der Waals surface area contributed by atoms with Crippen LogP contribution < -0.4 is 5.32 Å². The molecule has 19 heavy (non-hydrogen) atoms. The molecular weight excluding hydrogens is 258 g/mol. The first-order valence-electron chi connectivity index (χ1n) is 7.03. The lowest BCUT2D eigenvalue weighted by Crippen LogP contribution is -2.38. The van der Waals surface area contributed by atoms with E-state index in [1.54, 1.807) is 11.3 Å². The molecule has 0 aliphatic carbocycles. The van der Waals surface area contributed by atoms with Crippen LogP contribution in [-0.2, 0) is 4.79 Å². The van der Waals surface area contributed by atoms with Gasteiger partial charge in [-0.3, -0.25) is 10.1 Å². The minimum absolute atomic E-state index is 0.0686. The summed E-state index contributed by atoms with van der Waals surface area (Å²) in [6.07, 6.45) is 1.23. The molecule has 1 aliphatic heterocycles. The van der Waals surface area contributed by atoms with Crippen LogP contribution in [0.5, 0.6) is 0 Å². The zero-order valence-electron chi connectivity index (χ0n) is 11.8. The van der Waals surface area contributed by atoms with Gasteiger partial charge in [-0.1, -0.05) is 13.8 Å². The number of amides is 1. The molecule has 1 saturated heterocycles. The van der Waals surface area contributed by atoms with E-state index in [1.807, 2.05) is 4.90 Å². The van der Waals surface area contributed by atoms with E-state index < -0.39 is 0 Å². The summed E-state index contributed by atoms with van der Waals surface area (Å²) in [5.74, 6) is 0.212. The highest BCUT2D eigenvalue weighted by Gasteiger charge is 2.31. The first kappa shape index (κ1) is 14.5. The summed E-state index contributed by atoms with van der Waals surface area (Å²) in [6, 6.07) is 2.09. The third kappa shape index (κ3) is 3.55. The Labute approximate surface area is 119 Å². The number of thiophene rings is 1. The van der Waals surface area contributed by atoms with E-state index in [-0.39, 0.29) is 12.1 Å². The monoisotopic (exact) mass is 281 g/mol. The lowest BCUT2D eigenvalue weighted by atomic mass is 10.2. The SMILES string of the molecule is CCCN(CC)CCN1C(=O)CNC1c1ccsc1. The van der Waals surface area contributed by atoms with Gasteiger partial charge in [0.1, 0.15) is 6.17 Å². The molecule has 0 spiro atoms. The Morgan fingerprint density at radius 1 is 1.47 bits per heavy atom. The fourth-order valence-electron chi connectivity index (χ4n) is 2.52. The summed E-state index contributed by atoms with van der Waals surface area (Å²) < 4.78 is 0. The van der Waals surface area contributed by atoms with Gasteiger partial charge in [0.25, 0.3) is 0 Å². The largest absolute Gasteiger partial charge is 0.321 e. The maximum atomic E-state index is 12.0. The van der Waals surface area contributed by atoms with Crippen LogP contribution in [0.1, 0.15) is 32.0 Å². The van der Waals surface area contributed by atoms with Gasteiger partial charge in [-0.2, -0.15) is 11.3 Å². The van der Waals surface area contributed by atoms with Crippen molar-refractivity contribution in [3.8, 4) is 0 Å². The third-order valence-corrected chi connectivity index (χ3v) is 4.28. The molecule has 4 nitrogen and oxygen atoms in total. The summed E-state index contributed by atoms with van der Waals surface area (Å²) >= 11 is 1.68. The fourth-order valence-corrected chi connectivity index (χ4v) is 3.19. The molecule has 1 amide bonds. The summed E-state index contributed by atoms with van der Waals surface area (Å²) in [5, 5.41) is 7.48. The predicted molar refractivity (Wildman–Crippen MR) is 79.2 cm³/mol. The first-order valence-corrected chi connectivity index (χ1v) is 7.97. The van der Waals surface area contributed by atoms with Gasteiger partial charge in [-0.15, -0.1) is 0 Å². The zero-order chi connectivity index (χ0) is 13.7. The summed E-state index contributed by atoms with van der Waals surface area (Å²) in [5.41, 5.74) is 1.20. The average molecular weight is 281 g/mol. The second-order valence-electron chi connectivity index (χ2n) is 4.86. The second kappa shape index (κ2) is 7.03. The predicted octanol–water partition coefficient (Wildman–Crippen LogP) is 1.91. The molecule has 2 heterocycles. The van der Waals surface area contributed by atoms with E-state index in [4.69, 9.17) is 0 Å². The number of nitrogens with zero attached hydrogens (tertiary/aromatic N) is 2. The lowest BCUT2D eigenvalue weighted by molar-refractivity contribution is -0.128. The number of hydrogen-bond acceptors (Lipinski definition) is 4. The zero-order valence-corrected chi connectivity index (χ0v) is 12.6. The van der Waals surface area contributed by atoms with Crippen LogP contribution in [0.4, 0.5) is 0 Å². The highest BCUT2D eigenvalue weighted by molar-refractivity contribution is 7.07. The molecule has 1 N–H and O–H groups in total. The van der Waals surface area contributed by atoms with Crippen molar-refractivity contribution in [1.82, 2.24) is 15.1 Å². The van der Waals surface area contributed by atoms with Gasteiger partial charge >= 0.3 is 0 Å². The van der Waals surface area contributed by atoms with Crippen LogP contribution in [0, 0.1) is 0 Å². The quantitative estimate of drug-likeness (QED) is 0.829. The van der Waals surface area contributed by atoms with Crippen LogP contribution in [0.15, 0.2) is 16.8 Å².